The van der Waals surface area contributed by atoms with Crippen LogP contribution in [0.2, 0.25) is 0 Å². The first-order chi connectivity index (χ1) is 11.2. The van der Waals surface area contributed by atoms with Crippen LogP contribution in [-0.2, 0) is 4.79 Å². The highest BCUT2D eigenvalue weighted by Gasteiger charge is 2.00. The van der Waals surface area contributed by atoms with Crippen molar-refractivity contribution in [2.24, 2.45) is 0 Å². The van der Waals surface area contributed by atoms with Crippen molar-refractivity contribution in [2.45, 2.75) is 64.7 Å². The summed E-state index contributed by atoms with van der Waals surface area (Å²) in [6, 6.07) is 7.54. The van der Waals surface area contributed by atoms with Crippen LogP contribution in [0.1, 0.15) is 70.3 Å². The number of ether oxygens (including phenoxy) is 1. The van der Waals surface area contributed by atoms with Gasteiger partial charge in [-0.1, -0.05) is 76.5 Å². The number of benzene rings is 1. The van der Waals surface area contributed by atoms with E-state index in [0.29, 0.717) is 6.61 Å². The van der Waals surface area contributed by atoms with Gasteiger partial charge in [-0.05, 0) is 18.6 Å². The number of unbranched alkanes of at least 4 members (excludes halogenated alkanes) is 8. The van der Waals surface area contributed by atoms with Crippen LogP contribution < -0.4 is 4.74 Å². The van der Waals surface area contributed by atoms with E-state index in [4.69, 9.17) is 9.84 Å². The fraction of sp³-hybridized carbons (Fsp3) is 0.550. The fourth-order valence-electron chi connectivity index (χ4n) is 2.51. The van der Waals surface area contributed by atoms with E-state index in [1.54, 1.807) is 6.08 Å². The lowest BCUT2D eigenvalue weighted by Gasteiger charge is -2.09. The van der Waals surface area contributed by atoms with Crippen molar-refractivity contribution in [2.75, 3.05) is 6.61 Å². The second kappa shape index (κ2) is 12.7. The van der Waals surface area contributed by atoms with Gasteiger partial charge in [-0.3, -0.25) is 0 Å². The van der Waals surface area contributed by atoms with Gasteiger partial charge >= 0.3 is 5.97 Å². The highest BCUT2D eigenvalue weighted by atomic mass is 16.5. The monoisotopic (exact) mass is 318 g/mol. The first kappa shape index (κ1) is 19.3. The molecule has 0 aliphatic carbocycles. The minimum atomic E-state index is -0.946. The number of rotatable bonds is 13. The van der Waals surface area contributed by atoms with Gasteiger partial charge in [-0.25, -0.2) is 4.79 Å². The minimum absolute atomic E-state index is 0.688. The lowest BCUT2D eigenvalue weighted by atomic mass is 10.1. The molecule has 0 amide bonds. The molecule has 1 aromatic rings. The molecule has 0 atom stereocenters. The third-order valence-corrected chi connectivity index (χ3v) is 3.83. The van der Waals surface area contributed by atoms with Gasteiger partial charge in [0, 0.05) is 11.6 Å². The summed E-state index contributed by atoms with van der Waals surface area (Å²) in [5.74, 6) is -0.191. The SMILES string of the molecule is CCCCCCCCCCCOc1ccccc1C=CC(=O)O. The first-order valence-corrected chi connectivity index (χ1v) is 8.87. The van der Waals surface area contributed by atoms with E-state index in [1.165, 1.54) is 51.4 Å². The van der Waals surface area contributed by atoms with Gasteiger partial charge < -0.3 is 9.84 Å². The minimum Gasteiger partial charge on any atom is -0.493 e. The molecule has 0 radical (unpaired) electrons. The van der Waals surface area contributed by atoms with Crippen LogP contribution in [-0.4, -0.2) is 17.7 Å². The summed E-state index contributed by atoms with van der Waals surface area (Å²) >= 11 is 0. The Bertz CT molecular complexity index is 466. The summed E-state index contributed by atoms with van der Waals surface area (Å²) in [6.45, 7) is 2.93. The van der Waals surface area contributed by atoms with Crippen LogP contribution in [0, 0.1) is 0 Å². The van der Waals surface area contributed by atoms with Crippen LogP contribution in [0.3, 0.4) is 0 Å². The topological polar surface area (TPSA) is 46.5 Å². The molecule has 0 unspecified atom stereocenters. The maximum Gasteiger partial charge on any atom is 0.328 e. The zero-order valence-electron chi connectivity index (χ0n) is 14.3. The third kappa shape index (κ3) is 9.77. The molecule has 1 aromatic carbocycles. The van der Waals surface area contributed by atoms with Crippen molar-refractivity contribution in [3.05, 3.63) is 35.9 Å². The van der Waals surface area contributed by atoms with Gasteiger partial charge in [0.1, 0.15) is 5.75 Å². The van der Waals surface area contributed by atoms with Crippen molar-refractivity contribution < 1.29 is 14.6 Å². The average molecular weight is 318 g/mol. The lowest BCUT2D eigenvalue weighted by molar-refractivity contribution is -0.131. The van der Waals surface area contributed by atoms with Gasteiger partial charge in [-0.15, -0.1) is 0 Å². The van der Waals surface area contributed by atoms with E-state index in [0.717, 1.165) is 23.8 Å². The van der Waals surface area contributed by atoms with E-state index in [2.05, 4.69) is 6.92 Å². The van der Waals surface area contributed by atoms with E-state index < -0.39 is 5.97 Å². The molecule has 3 heteroatoms. The Morgan fingerprint density at radius 1 is 1.00 bits per heavy atom. The molecular weight excluding hydrogens is 288 g/mol. The predicted octanol–water partition coefficient (Wildman–Crippen LogP) is 5.69. The second-order valence-electron chi connectivity index (χ2n) is 5.89. The summed E-state index contributed by atoms with van der Waals surface area (Å²) in [7, 11) is 0. The van der Waals surface area contributed by atoms with Crippen molar-refractivity contribution >= 4 is 12.0 Å². The van der Waals surface area contributed by atoms with Gasteiger partial charge in [0.2, 0.25) is 0 Å². The maximum absolute atomic E-state index is 10.6. The van der Waals surface area contributed by atoms with E-state index in [1.807, 2.05) is 24.3 Å². The normalized spacial score (nSPS) is 11.0. The Hall–Kier alpha value is -1.77. The molecule has 0 saturated carbocycles. The van der Waals surface area contributed by atoms with Gasteiger partial charge in [0.15, 0.2) is 0 Å². The molecule has 0 bridgehead atoms. The second-order valence-corrected chi connectivity index (χ2v) is 5.89. The Labute approximate surface area is 140 Å². The van der Waals surface area contributed by atoms with Crippen molar-refractivity contribution in [3.8, 4) is 5.75 Å². The summed E-state index contributed by atoms with van der Waals surface area (Å²) in [5.41, 5.74) is 0.811. The Morgan fingerprint density at radius 3 is 2.26 bits per heavy atom. The van der Waals surface area contributed by atoms with Crippen LogP contribution in [0.4, 0.5) is 0 Å². The standard InChI is InChI=1S/C20H30O3/c1-2-3-4-5-6-7-8-9-12-17-23-19-14-11-10-13-18(19)15-16-20(21)22/h10-11,13-16H,2-9,12,17H2,1H3,(H,21,22). The molecule has 0 aliphatic rings. The smallest absolute Gasteiger partial charge is 0.328 e. The molecule has 23 heavy (non-hydrogen) atoms. The molecule has 0 saturated heterocycles. The Kier molecular flexibility index (Phi) is 10.7. The molecule has 0 fully saturated rings. The largest absolute Gasteiger partial charge is 0.493 e. The highest BCUT2D eigenvalue weighted by Crippen LogP contribution is 2.20. The molecule has 3 nitrogen and oxygen atoms in total. The number of carboxylic acid groups (broad SMARTS) is 1. The third-order valence-electron chi connectivity index (χ3n) is 3.83. The van der Waals surface area contributed by atoms with Crippen LogP contribution in [0.5, 0.6) is 5.75 Å². The van der Waals surface area contributed by atoms with Crippen LogP contribution >= 0.6 is 0 Å². The zero-order valence-corrected chi connectivity index (χ0v) is 14.3. The average Bonchev–Trinajstić information content (AvgIpc) is 2.55. The number of para-hydroxylation sites is 1. The lowest BCUT2D eigenvalue weighted by Crippen LogP contribution is -1.99. The van der Waals surface area contributed by atoms with Gasteiger partial charge in [0.05, 0.1) is 6.61 Å². The van der Waals surface area contributed by atoms with Crippen LogP contribution in [0.15, 0.2) is 30.3 Å². The number of carboxylic acids is 1. The zero-order chi connectivity index (χ0) is 16.8. The van der Waals surface area contributed by atoms with Crippen molar-refractivity contribution in [1.29, 1.82) is 0 Å². The molecule has 0 spiro atoms. The number of carbonyl (C=O) groups is 1. The molecule has 1 rings (SSSR count). The van der Waals surface area contributed by atoms with Crippen molar-refractivity contribution in [1.82, 2.24) is 0 Å². The first-order valence-electron chi connectivity index (χ1n) is 8.87. The van der Waals surface area contributed by atoms with E-state index in [9.17, 15) is 4.79 Å². The van der Waals surface area contributed by atoms with Crippen molar-refractivity contribution in [3.63, 3.8) is 0 Å². The maximum atomic E-state index is 10.6. The summed E-state index contributed by atoms with van der Waals surface area (Å²) < 4.78 is 5.78. The molecule has 0 heterocycles. The molecule has 0 aromatic heterocycles. The predicted molar refractivity (Wildman–Crippen MR) is 95.8 cm³/mol. The van der Waals surface area contributed by atoms with Gasteiger partial charge in [-0.2, -0.15) is 0 Å². The van der Waals surface area contributed by atoms with E-state index in [-0.39, 0.29) is 0 Å². The summed E-state index contributed by atoms with van der Waals surface area (Å²) in [4.78, 5) is 10.6. The van der Waals surface area contributed by atoms with E-state index >= 15 is 0 Å². The number of hydrogen-bond acceptors (Lipinski definition) is 2. The Balaban J connectivity index is 2.15. The highest BCUT2D eigenvalue weighted by molar-refractivity contribution is 5.85. The summed E-state index contributed by atoms with van der Waals surface area (Å²) in [6.07, 6.45) is 14.3. The van der Waals surface area contributed by atoms with Gasteiger partial charge in [0.25, 0.3) is 0 Å². The Morgan fingerprint density at radius 2 is 1.61 bits per heavy atom. The quantitative estimate of drug-likeness (QED) is 0.375. The number of aliphatic carboxylic acids is 1. The molecule has 0 aliphatic heterocycles. The molecular formula is C20H30O3. The molecule has 1 N–H and O–H groups in total. The summed E-state index contributed by atoms with van der Waals surface area (Å²) in [5, 5.41) is 8.70. The molecule has 128 valence electrons. The fourth-order valence-corrected chi connectivity index (χ4v) is 2.51. The number of hydrogen-bond donors (Lipinski definition) is 1. The van der Waals surface area contributed by atoms with Crippen LogP contribution in [0.25, 0.3) is 6.08 Å².